The van der Waals surface area contributed by atoms with E-state index in [2.05, 4.69) is 20.9 Å². The maximum atomic E-state index is 13.9. The van der Waals surface area contributed by atoms with Gasteiger partial charge in [0.2, 0.25) is 0 Å². The molecule has 0 saturated carbocycles. The monoisotopic (exact) mass is 312 g/mol. The van der Waals surface area contributed by atoms with Crippen molar-refractivity contribution in [1.29, 1.82) is 0 Å². The lowest BCUT2D eigenvalue weighted by atomic mass is 10.1. The molecule has 18 heavy (non-hydrogen) atoms. The number of hydrogen-bond donors (Lipinski definition) is 1. The summed E-state index contributed by atoms with van der Waals surface area (Å²) in [6, 6.07) is 4.86. The Bertz CT molecular complexity index is 542. The van der Waals surface area contributed by atoms with Crippen LogP contribution >= 0.6 is 15.9 Å². The van der Waals surface area contributed by atoms with E-state index in [1.54, 1.807) is 30.6 Å². The molecule has 0 amide bonds. The van der Waals surface area contributed by atoms with E-state index in [0.717, 1.165) is 13.0 Å². The van der Waals surface area contributed by atoms with Crippen molar-refractivity contribution in [2.75, 3.05) is 0 Å². The van der Waals surface area contributed by atoms with Gasteiger partial charge in [-0.05, 0) is 28.4 Å². The minimum atomic E-state index is -1.05. The van der Waals surface area contributed by atoms with Gasteiger partial charge in [0.15, 0.2) is 0 Å². The number of aryl methyl sites for hydroxylation is 1. The molecule has 1 N–H and O–H groups in total. The van der Waals surface area contributed by atoms with Gasteiger partial charge < -0.3 is 9.67 Å². The summed E-state index contributed by atoms with van der Waals surface area (Å²) in [6.07, 6.45) is 3.28. The van der Waals surface area contributed by atoms with Gasteiger partial charge >= 0.3 is 0 Å². The molecule has 0 fully saturated rings. The molecule has 0 saturated heterocycles. The number of nitrogens with zero attached hydrogens (tertiary/aromatic N) is 2. The zero-order chi connectivity index (χ0) is 13.1. The standard InChI is InChI=1S/C13H14BrFN2O/c1-2-7-17-8-6-16-13(17)12(18)9-4-3-5-10(14)11(9)15/h3-6,8,12,18H,2,7H2,1H3. The van der Waals surface area contributed by atoms with Crippen LogP contribution in [0.1, 0.15) is 30.8 Å². The van der Waals surface area contributed by atoms with E-state index in [0.29, 0.717) is 10.3 Å². The molecule has 0 aliphatic carbocycles. The molecule has 0 aliphatic rings. The minimum Gasteiger partial charge on any atom is -0.380 e. The minimum absolute atomic E-state index is 0.230. The largest absolute Gasteiger partial charge is 0.380 e. The topological polar surface area (TPSA) is 38.0 Å². The lowest BCUT2D eigenvalue weighted by Crippen LogP contribution is -2.11. The van der Waals surface area contributed by atoms with Crippen LogP contribution < -0.4 is 0 Å². The molecule has 1 aromatic heterocycles. The third-order valence-electron chi connectivity index (χ3n) is 2.73. The molecule has 96 valence electrons. The molecule has 0 bridgehead atoms. The maximum absolute atomic E-state index is 13.9. The Balaban J connectivity index is 2.38. The molecule has 0 spiro atoms. The lowest BCUT2D eigenvalue weighted by molar-refractivity contribution is 0.199. The SMILES string of the molecule is CCCn1ccnc1C(O)c1cccc(Br)c1F. The highest BCUT2D eigenvalue weighted by Gasteiger charge is 2.20. The fourth-order valence-electron chi connectivity index (χ4n) is 1.87. The number of rotatable bonds is 4. The molecule has 1 unspecified atom stereocenters. The summed E-state index contributed by atoms with van der Waals surface area (Å²) in [4.78, 5) is 4.11. The summed E-state index contributed by atoms with van der Waals surface area (Å²) in [6.45, 7) is 2.79. The number of halogens is 2. The van der Waals surface area contributed by atoms with Gasteiger partial charge in [0, 0.05) is 24.5 Å². The van der Waals surface area contributed by atoms with Crippen LogP contribution in [0.2, 0.25) is 0 Å². The van der Waals surface area contributed by atoms with E-state index >= 15 is 0 Å². The normalized spacial score (nSPS) is 12.7. The predicted molar refractivity (Wildman–Crippen MR) is 70.7 cm³/mol. The zero-order valence-corrected chi connectivity index (χ0v) is 11.6. The molecule has 1 atom stereocenters. The first-order valence-electron chi connectivity index (χ1n) is 5.78. The van der Waals surface area contributed by atoms with Gasteiger partial charge in [-0.3, -0.25) is 0 Å². The summed E-state index contributed by atoms with van der Waals surface area (Å²) in [5, 5.41) is 10.2. The molecule has 1 aromatic carbocycles. The van der Waals surface area contributed by atoms with E-state index in [9.17, 15) is 9.50 Å². The molecule has 2 aromatic rings. The van der Waals surface area contributed by atoms with Gasteiger partial charge in [-0.1, -0.05) is 19.1 Å². The zero-order valence-electron chi connectivity index (χ0n) is 9.98. The van der Waals surface area contributed by atoms with Gasteiger partial charge in [0.05, 0.1) is 4.47 Å². The summed E-state index contributed by atoms with van der Waals surface area (Å²) < 4.78 is 16.1. The van der Waals surface area contributed by atoms with E-state index in [1.165, 1.54) is 0 Å². The van der Waals surface area contributed by atoms with Gasteiger partial charge in [-0.25, -0.2) is 9.37 Å². The first kappa shape index (κ1) is 13.2. The van der Waals surface area contributed by atoms with Crippen LogP contribution in [-0.2, 0) is 6.54 Å². The molecule has 2 rings (SSSR count). The molecule has 5 heteroatoms. The predicted octanol–water partition coefficient (Wildman–Crippen LogP) is 3.28. The molecule has 0 aliphatic heterocycles. The second kappa shape index (κ2) is 5.63. The van der Waals surface area contributed by atoms with Crippen LogP contribution in [0.25, 0.3) is 0 Å². The average Bonchev–Trinajstić information content (AvgIpc) is 2.80. The van der Waals surface area contributed by atoms with E-state index < -0.39 is 11.9 Å². The third-order valence-corrected chi connectivity index (χ3v) is 3.35. The van der Waals surface area contributed by atoms with Crippen molar-refractivity contribution in [3.63, 3.8) is 0 Å². The Morgan fingerprint density at radius 3 is 3.00 bits per heavy atom. The highest BCUT2D eigenvalue weighted by Crippen LogP contribution is 2.27. The Morgan fingerprint density at radius 1 is 1.50 bits per heavy atom. The second-order valence-corrected chi connectivity index (χ2v) is 4.88. The Labute approximate surface area is 113 Å². The summed E-state index contributed by atoms with van der Waals surface area (Å²) in [7, 11) is 0. The second-order valence-electron chi connectivity index (χ2n) is 4.02. The van der Waals surface area contributed by atoms with Crippen LogP contribution in [0.4, 0.5) is 4.39 Å². The van der Waals surface area contributed by atoms with Crippen LogP contribution in [0.15, 0.2) is 35.1 Å². The van der Waals surface area contributed by atoms with E-state index in [-0.39, 0.29) is 5.56 Å². The van der Waals surface area contributed by atoms with Crippen LogP contribution in [0.5, 0.6) is 0 Å². The van der Waals surface area contributed by atoms with Crippen molar-refractivity contribution in [3.05, 3.63) is 52.3 Å². The van der Waals surface area contributed by atoms with Crippen molar-refractivity contribution in [3.8, 4) is 0 Å². The summed E-state index contributed by atoms with van der Waals surface area (Å²) in [5.74, 6) is 0.0184. The van der Waals surface area contributed by atoms with Gasteiger partial charge in [-0.2, -0.15) is 0 Å². The summed E-state index contributed by atoms with van der Waals surface area (Å²) in [5.41, 5.74) is 0.230. The van der Waals surface area contributed by atoms with Gasteiger partial charge in [0.1, 0.15) is 17.7 Å². The van der Waals surface area contributed by atoms with Gasteiger partial charge in [0.25, 0.3) is 0 Å². The highest BCUT2D eigenvalue weighted by atomic mass is 79.9. The number of benzene rings is 1. The summed E-state index contributed by atoms with van der Waals surface area (Å²) >= 11 is 3.11. The van der Waals surface area contributed by atoms with Crippen LogP contribution in [-0.4, -0.2) is 14.7 Å². The van der Waals surface area contributed by atoms with E-state index in [4.69, 9.17) is 0 Å². The van der Waals surface area contributed by atoms with Crippen LogP contribution in [0.3, 0.4) is 0 Å². The average molecular weight is 313 g/mol. The molecule has 0 radical (unpaired) electrons. The number of aliphatic hydroxyl groups excluding tert-OH is 1. The fourth-order valence-corrected chi connectivity index (χ4v) is 2.25. The molecule has 1 heterocycles. The highest BCUT2D eigenvalue weighted by molar-refractivity contribution is 9.10. The Kier molecular flexibility index (Phi) is 4.14. The Morgan fingerprint density at radius 2 is 2.28 bits per heavy atom. The van der Waals surface area contributed by atoms with Gasteiger partial charge in [-0.15, -0.1) is 0 Å². The van der Waals surface area contributed by atoms with Crippen molar-refractivity contribution >= 4 is 15.9 Å². The van der Waals surface area contributed by atoms with Crippen molar-refractivity contribution in [1.82, 2.24) is 9.55 Å². The maximum Gasteiger partial charge on any atom is 0.143 e. The smallest absolute Gasteiger partial charge is 0.143 e. The first-order chi connectivity index (χ1) is 8.65. The van der Waals surface area contributed by atoms with E-state index in [1.807, 2.05) is 11.5 Å². The van der Waals surface area contributed by atoms with Crippen LogP contribution in [0, 0.1) is 5.82 Å². The fraction of sp³-hybridized carbons (Fsp3) is 0.308. The number of aliphatic hydroxyl groups is 1. The first-order valence-corrected chi connectivity index (χ1v) is 6.57. The number of aromatic nitrogens is 2. The third kappa shape index (κ3) is 2.47. The molecular formula is C13H14BrFN2O. The molecular weight excluding hydrogens is 299 g/mol. The van der Waals surface area contributed by atoms with Crippen molar-refractivity contribution < 1.29 is 9.50 Å². The van der Waals surface area contributed by atoms with Crippen molar-refractivity contribution in [2.24, 2.45) is 0 Å². The lowest BCUT2D eigenvalue weighted by Gasteiger charge is -2.14. The number of hydrogen-bond acceptors (Lipinski definition) is 2. The molecule has 3 nitrogen and oxygen atoms in total. The van der Waals surface area contributed by atoms with Crippen molar-refractivity contribution in [2.45, 2.75) is 26.0 Å². The Hall–Kier alpha value is -1.20. The quantitative estimate of drug-likeness (QED) is 0.941. The number of imidazole rings is 1.